The van der Waals surface area contributed by atoms with Crippen molar-refractivity contribution in [2.75, 3.05) is 18.4 Å². The van der Waals surface area contributed by atoms with Gasteiger partial charge in [0, 0.05) is 25.2 Å². The minimum absolute atomic E-state index is 0.0525. The average Bonchev–Trinajstić information content (AvgIpc) is 2.70. The Labute approximate surface area is 169 Å². The van der Waals surface area contributed by atoms with E-state index in [1.165, 1.54) is 22.5 Å². The second-order valence-electron chi connectivity index (χ2n) is 6.79. The van der Waals surface area contributed by atoms with E-state index in [0.717, 1.165) is 24.8 Å². The monoisotopic (exact) mass is 424 g/mol. The highest BCUT2D eigenvalue weighted by Gasteiger charge is 2.25. The maximum Gasteiger partial charge on any atom is 0.243 e. The molecule has 1 aliphatic heterocycles. The summed E-state index contributed by atoms with van der Waals surface area (Å²) < 4.78 is 40.0. The van der Waals surface area contributed by atoms with Gasteiger partial charge in [0.2, 0.25) is 15.9 Å². The van der Waals surface area contributed by atoms with Gasteiger partial charge in [-0.1, -0.05) is 30.2 Å². The van der Waals surface area contributed by atoms with Crippen molar-refractivity contribution in [3.05, 3.63) is 58.9 Å². The maximum absolute atomic E-state index is 13.2. The van der Waals surface area contributed by atoms with Crippen LogP contribution in [0.3, 0.4) is 0 Å². The number of piperidine rings is 1. The lowest BCUT2D eigenvalue weighted by Crippen LogP contribution is -2.35. The van der Waals surface area contributed by atoms with Crippen LogP contribution in [0.15, 0.2) is 47.4 Å². The van der Waals surface area contributed by atoms with Crippen LogP contribution in [-0.2, 0) is 21.2 Å². The van der Waals surface area contributed by atoms with Gasteiger partial charge in [-0.05, 0) is 55.2 Å². The van der Waals surface area contributed by atoms with E-state index in [-0.39, 0.29) is 22.2 Å². The molecule has 2 aromatic rings. The summed E-state index contributed by atoms with van der Waals surface area (Å²) in [4.78, 5) is 12.3. The van der Waals surface area contributed by atoms with E-state index < -0.39 is 15.8 Å². The number of rotatable bonds is 6. The lowest BCUT2D eigenvalue weighted by Gasteiger charge is -2.25. The SMILES string of the molecule is O=C(CCc1ccc(S(=O)(=O)N2CCCCC2)cc1)Nc1ccc(F)c(Cl)c1. The predicted octanol–water partition coefficient (Wildman–Crippen LogP) is 4.23. The average molecular weight is 425 g/mol. The Morgan fingerprint density at radius 3 is 2.39 bits per heavy atom. The summed E-state index contributed by atoms with van der Waals surface area (Å²) in [5.74, 6) is -0.771. The number of anilines is 1. The molecule has 1 fully saturated rings. The van der Waals surface area contributed by atoms with Crippen molar-refractivity contribution < 1.29 is 17.6 Å². The first-order chi connectivity index (χ1) is 13.4. The summed E-state index contributed by atoms with van der Waals surface area (Å²) in [6.07, 6.45) is 3.53. The minimum Gasteiger partial charge on any atom is -0.326 e. The smallest absolute Gasteiger partial charge is 0.243 e. The standard InChI is InChI=1S/C20H22ClFN2O3S/c21-18-14-16(7-10-19(18)22)23-20(25)11-6-15-4-8-17(9-5-15)28(26,27)24-12-2-1-3-13-24/h4-5,7-10,14H,1-3,6,11-13H2,(H,23,25). The summed E-state index contributed by atoms with van der Waals surface area (Å²) >= 11 is 5.70. The third-order valence-corrected chi connectivity index (χ3v) is 6.92. The van der Waals surface area contributed by atoms with E-state index >= 15 is 0 Å². The van der Waals surface area contributed by atoms with Crippen molar-refractivity contribution in [2.24, 2.45) is 0 Å². The van der Waals surface area contributed by atoms with E-state index in [9.17, 15) is 17.6 Å². The van der Waals surface area contributed by atoms with Crippen molar-refractivity contribution in [3.8, 4) is 0 Å². The van der Waals surface area contributed by atoms with Crippen LogP contribution in [0.4, 0.5) is 10.1 Å². The highest BCUT2D eigenvalue weighted by Crippen LogP contribution is 2.22. The van der Waals surface area contributed by atoms with Crippen LogP contribution in [0.5, 0.6) is 0 Å². The number of amides is 1. The molecule has 0 bridgehead atoms. The van der Waals surface area contributed by atoms with Gasteiger partial charge in [0.1, 0.15) is 5.82 Å². The lowest BCUT2D eigenvalue weighted by atomic mass is 10.1. The lowest BCUT2D eigenvalue weighted by molar-refractivity contribution is -0.116. The number of hydrogen-bond acceptors (Lipinski definition) is 3. The van der Waals surface area contributed by atoms with Gasteiger partial charge in [0.25, 0.3) is 0 Å². The van der Waals surface area contributed by atoms with Gasteiger partial charge < -0.3 is 5.32 Å². The number of nitrogens with one attached hydrogen (secondary N) is 1. The zero-order chi connectivity index (χ0) is 20.1. The highest BCUT2D eigenvalue weighted by atomic mass is 35.5. The summed E-state index contributed by atoms with van der Waals surface area (Å²) in [6, 6.07) is 10.7. The predicted molar refractivity (Wildman–Crippen MR) is 107 cm³/mol. The van der Waals surface area contributed by atoms with E-state index in [1.54, 1.807) is 24.3 Å². The van der Waals surface area contributed by atoms with Gasteiger partial charge in [0.05, 0.1) is 9.92 Å². The summed E-state index contributed by atoms with van der Waals surface area (Å²) in [5.41, 5.74) is 1.30. The Morgan fingerprint density at radius 2 is 1.75 bits per heavy atom. The largest absolute Gasteiger partial charge is 0.326 e. The number of hydrogen-bond donors (Lipinski definition) is 1. The molecule has 150 valence electrons. The first-order valence-electron chi connectivity index (χ1n) is 9.20. The number of carbonyl (C=O) groups excluding carboxylic acids is 1. The number of halogens is 2. The van der Waals surface area contributed by atoms with Gasteiger partial charge in [0.15, 0.2) is 0 Å². The molecular formula is C20H22ClFN2O3S. The van der Waals surface area contributed by atoms with E-state index in [0.29, 0.717) is 25.2 Å². The van der Waals surface area contributed by atoms with Gasteiger partial charge in [-0.25, -0.2) is 12.8 Å². The Balaban J connectivity index is 1.56. The summed E-state index contributed by atoms with van der Waals surface area (Å²) in [7, 11) is -3.45. The van der Waals surface area contributed by atoms with E-state index in [2.05, 4.69) is 5.32 Å². The molecule has 0 aromatic heterocycles. The maximum atomic E-state index is 13.2. The zero-order valence-electron chi connectivity index (χ0n) is 15.3. The van der Waals surface area contributed by atoms with Crippen LogP contribution < -0.4 is 5.32 Å². The molecule has 1 N–H and O–H groups in total. The van der Waals surface area contributed by atoms with Gasteiger partial charge >= 0.3 is 0 Å². The molecule has 5 nitrogen and oxygen atoms in total. The third-order valence-electron chi connectivity index (χ3n) is 4.72. The molecule has 0 radical (unpaired) electrons. The molecular weight excluding hydrogens is 403 g/mol. The zero-order valence-corrected chi connectivity index (χ0v) is 16.9. The molecule has 1 heterocycles. The minimum atomic E-state index is -3.45. The van der Waals surface area contributed by atoms with Crippen LogP contribution in [0.25, 0.3) is 0 Å². The van der Waals surface area contributed by atoms with E-state index in [1.807, 2.05) is 0 Å². The Kier molecular flexibility index (Phi) is 6.69. The topological polar surface area (TPSA) is 66.5 Å². The molecule has 1 amide bonds. The third kappa shape index (κ3) is 5.10. The van der Waals surface area contributed by atoms with Gasteiger partial charge in [-0.3, -0.25) is 4.79 Å². The molecule has 2 aromatic carbocycles. The Hall–Kier alpha value is -1.96. The fraction of sp³-hybridized carbons (Fsp3) is 0.350. The molecule has 8 heteroatoms. The van der Waals surface area contributed by atoms with Gasteiger partial charge in [-0.15, -0.1) is 0 Å². The van der Waals surface area contributed by atoms with Crippen LogP contribution in [0.2, 0.25) is 5.02 Å². The van der Waals surface area contributed by atoms with Crippen molar-refractivity contribution in [1.29, 1.82) is 0 Å². The molecule has 0 aliphatic carbocycles. The van der Waals surface area contributed by atoms with Crippen molar-refractivity contribution in [1.82, 2.24) is 4.31 Å². The number of sulfonamides is 1. The van der Waals surface area contributed by atoms with E-state index in [4.69, 9.17) is 11.6 Å². The summed E-state index contributed by atoms with van der Waals surface area (Å²) in [6.45, 7) is 1.13. The molecule has 0 atom stereocenters. The number of aryl methyl sites for hydroxylation is 1. The van der Waals surface area contributed by atoms with Crippen LogP contribution >= 0.6 is 11.6 Å². The Morgan fingerprint density at radius 1 is 1.07 bits per heavy atom. The second-order valence-corrected chi connectivity index (χ2v) is 9.13. The first kappa shape index (κ1) is 20.8. The summed E-state index contributed by atoms with van der Waals surface area (Å²) in [5, 5.41) is 2.61. The van der Waals surface area contributed by atoms with Crippen molar-refractivity contribution >= 4 is 33.2 Å². The van der Waals surface area contributed by atoms with Crippen LogP contribution in [0, 0.1) is 5.82 Å². The molecule has 0 unspecified atom stereocenters. The number of nitrogens with zero attached hydrogens (tertiary/aromatic N) is 1. The Bertz CT molecular complexity index is 942. The van der Waals surface area contributed by atoms with Crippen LogP contribution in [0.1, 0.15) is 31.2 Å². The molecule has 1 saturated heterocycles. The van der Waals surface area contributed by atoms with Crippen molar-refractivity contribution in [2.45, 2.75) is 37.0 Å². The first-order valence-corrected chi connectivity index (χ1v) is 11.0. The molecule has 0 saturated carbocycles. The normalized spacial score (nSPS) is 15.4. The number of benzene rings is 2. The molecule has 3 rings (SSSR count). The molecule has 1 aliphatic rings. The quantitative estimate of drug-likeness (QED) is 0.754. The fourth-order valence-corrected chi connectivity index (χ4v) is 4.84. The highest BCUT2D eigenvalue weighted by molar-refractivity contribution is 7.89. The van der Waals surface area contributed by atoms with Crippen LogP contribution in [-0.4, -0.2) is 31.7 Å². The van der Waals surface area contributed by atoms with Crippen molar-refractivity contribution in [3.63, 3.8) is 0 Å². The fourth-order valence-electron chi connectivity index (χ4n) is 3.14. The number of carbonyl (C=O) groups is 1. The molecule has 0 spiro atoms. The molecule has 28 heavy (non-hydrogen) atoms. The van der Waals surface area contributed by atoms with Gasteiger partial charge in [-0.2, -0.15) is 4.31 Å². The second kappa shape index (κ2) is 9.03.